The Hall–Kier alpha value is -1.46. The average molecular weight is 266 g/mol. The van der Waals surface area contributed by atoms with Crippen LogP contribution in [-0.4, -0.2) is 55.6 Å². The second-order valence-electron chi connectivity index (χ2n) is 4.72. The molecule has 1 aliphatic heterocycles. The largest absolute Gasteiger partial charge is 0.375 e. The van der Waals surface area contributed by atoms with Gasteiger partial charge in [0.15, 0.2) is 0 Å². The summed E-state index contributed by atoms with van der Waals surface area (Å²) in [6.07, 6.45) is 0. The van der Waals surface area contributed by atoms with E-state index in [-0.39, 0.29) is 18.3 Å². The molecule has 1 aliphatic rings. The minimum absolute atomic E-state index is 0.0351. The summed E-state index contributed by atoms with van der Waals surface area (Å²) in [6.45, 7) is 3.90. The predicted octanol–water partition coefficient (Wildman–Crippen LogP) is 1.12. The molecule has 0 aliphatic carbocycles. The number of carbonyl (C=O) groups is 1. The number of piperazine rings is 1. The SMILES string of the molecule is COCC(=O)N1CCN(Cc2cccc(F)c2)CC1. The Morgan fingerprint density at radius 3 is 2.68 bits per heavy atom. The number of benzene rings is 1. The first-order chi connectivity index (χ1) is 9.19. The van der Waals surface area contributed by atoms with Crippen molar-refractivity contribution in [2.45, 2.75) is 6.54 Å². The third-order valence-electron chi connectivity index (χ3n) is 3.29. The van der Waals surface area contributed by atoms with Crippen molar-refractivity contribution in [2.75, 3.05) is 39.9 Å². The summed E-state index contributed by atoms with van der Waals surface area (Å²) in [5.74, 6) is -0.167. The standard InChI is InChI=1S/C14H19FN2O2/c1-19-11-14(18)17-7-5-16(6-8-17)10-12-3-2-4-13(15)9-12/h2-4,9H,5-8,10-11H2,1H3. The van der Waals surface area contributed by atoms with Gasteiger partial charge in [-0.2, -0.15) is 0 Å². The van der Waals surface area contributed by atoms with Gasteiger partial charge in [-0.3, -0.25) is 9.69 Å². The molecular weight excluding hydrogens is 247 g/mol. The molecule has 19 heavy (non-hydrogen) atoms. The number of halogens is 1. The van der Waals surface area contributed by atoms with E-state index in [1.165, 1.54) is 13.2 Å². The van der Waals surface area contributed by atoms with Crippen molar-refractivity contribution in [3.8, 4) is 0 Å². The van der Waals surface area contributed by atoms with Crippen LogP contribution in [0.1, 0.15) is 5.56 Å². The Labute approximate surface area is 112 Å². The fourth-order valence-electron chi connectivity index (χ4n) is 2.26. The Bertz CT molecular complexity index is 431. The van der Waals surface area contributed by atoms with Crippen molar-refractivity contribution in [3.63, 3.8) is 0 Å². The topological polar surface area (TPSA) is 32.8 Å². The summed E-state index contributed by atoms with van der Waals surface area (Å²) in [5.41, 5.74) is 0.969. The summed E-state index contributed by atoms with van der Waals surface area (Å²) in [4.78, 5) is 15.7. The Balaban J connectivity index is 1.82. The molecule has 1 saturated heterocycles. The molecule has 5 heteroatoms. The highest BCUT2D eigenvalue weighted by molar-refractivity contribution is 5.77. The monoisotopic (exact) mass is 266 g/mol. The Morgan fingerprint density at radius 1 is 1.32 bits per heavy atom. The van der Waals surface area contributed by atoms with Gasteiger partial charge in [0.05, 0.1) is 0 Å². The third kappa shape index (κ3) is 4.01. The van der Waals surface area contributed by atoms with E-state index < -0.39 is 0 Å². The van der Waals surface area contributed by atoms with Crippen LogP contribution >= 0.6 is 0 Å². The van der Waals surface area contributed by atoms with Crippen LogP contribution in [0.25, 0.3) is 0 Å². The molecule has 1 aromatic rings. The van der Waals surface area contributed by atoms with Gasteiger partial charge in [-0.1, -0.05) is 12.1 Å². The van der Waals surface area contributed by atoms with Gasteiger partial charge in [0.25, 0.3) is 0 Å². The van der Waals surface area contributed by atoms with Crippen molar-refractivity contribution >= 4 is 5.91 Å². The number of hydrogen-bond donors (Lipinski definition) is 0. The van der Waals surface area contributed by atoms with Crippen LogP contribution in [0.5, 0.6) is 0 Å². The molecule has 0 unspecified atom stereocenters. The molecule has 0 aromatic heterocycles. The minimum atomic E-state index is -0.202. The maximum Gasteiger partial charge on any atom is 0.248 e. The molecule has 0 N–H and O–H groups in total. The maximum absolute atomic E-state index is 13.1. The predicted molar refractivity (Wildman–Crippen MR) is 70.1 cm³/mol. The quantitative estimate of drug-likeness (QED) is 0.818. The molecule has 0 spiro atoms. The molecule has 1 aromatic carbocycles. The van der Waals surface area contributed by atoms with Gasteiger partial charge in [-0.25, -0.2) is 4.39 Å². The van der Waals surface area contributed by atoms with Gasteiger partial charge in [0, 0.05) is 39.8 Å². The number of carbonyl (C=O) groups excluding carboxylic acids is 1. The van der Waals surface area contributed by atoms with Crippen LogP contribution in [0.3, 0.4) is 0 Å². The molecule has 1 fully saturated rings. The number of methoxy groups -OCH3 is 1. The van der Waals surface area contributed by atoms with Crippen LogP contribution in [0.4, 0.5) is 4.39 Å². The zero-order valence-corrected chi connectivity index (χ0v) is 11.1. The fraction of sp³-hybridized carbons (Fsp3) is 0.500. The fourth-order valence-corrected chi connectivity index (χ4v) is 2.26. The molecule has 0 atom stereocenters. The van der Waals surface area contributed by atoms with Gasteiger partial charge >= 0.3 is 0 Å². The summed E-state index contributed by atoms with van der Waals surface area (Å²) < 4.78 is 17.9. The molecule has 0 saturated carbocycles. The second-order valence-corrected chi connectivity index (χ2v) is 4.72. The maximum atomic E-state index is 13.1. The van der Waals surface area contributed by atoms with Crippen molar-refractivity contribution in [3.05, 3.63) is 35.6 Å². The Morgan fingerprint density at radius 2 is 2.05 bits per heavy atom. The molecule has 0 radical (unpaired) electrons. The lowest BCUT2D eigenvalue weighted by molar-refractivity contribution is -0.136. The van der Waals surface area contributed by atoms with E-state index in [4.69, 9.17) is 4.74 Å². The first-order valence-corrected chi connectivity index (χ1v) is 6.42. The lowest BCUT2D eigenvalue weighted by Crippen LogP contribution is -2.49. The smallest absolute Gasteiger partial charge is 0.248 e. The highest BCUT2D eigenvalue weighted by atomic mass is 19.1. The third-order valence-corrected chi connectivity index (χ3v) is 3.29. The van der Waals surface area contributed by atoms with Crippen molar-refractivity contribution in [2.24, 2.45) is 0 Å². The first-order valence-electron chi connectivity index (χ1n) is 6.42. The van der Waals surface area contributed by atoms with Crippen LogP contribution in [0, 0.1) is 5.82 Å². The second kappa shape index (κ2) is 6.63. The number of amides is 1. The number of hydrogen-bond acceptors (Lipinski definition) is 3. The van der Waals surface area contributed by atoms with E-state index in [0.717, 1.165) is 25.2 Å². The van der Waals surface area contributed by atoms with Gasteiger partial charge in [-0.15, -0.1) is 0 Å². The summed E-state index contributed by atoms with van der Waals surface area (Å²) >= 11 is 0. The first kappa shape index (κ1) is 14.0. The van der Waals surface area contributed by atoms with E-state index >= 15 is 0 Å². The average Bonchev–Trinajstić information content (AvgIpc) is 2.40. The van der Waals surface area contributed by atoms with Gasteiger partial charge < -0.3 is 9.64 Å². The number of nitrogens with zero attached hydrogens (tertiary/aromatic N) is 2. The highest BCUT2D eigenvalue weighted by Gasteiger charge is 2.20. The molecular formula is C14H19FN2O2. The molecule has 0 bridgehead atoms. The van der Waals surface area contributed by atoms with E-state index in [0.29, 0.717) is 13.1 Å². The van der Waals surface area contributed by atoms with E-state index in [1.54, 1.807) is 12.1 Å². The summed E-state index contributed by atoms with van der Waals surface area (Å²) in [7, 11) is 1.53. The summed E-state index contributed by atoms with van der Waals surface area (Å²) in [5, 5.41) is 0. The van der Waals surface area contributed by atoms with Crippen LogP contribution in [0.15, 0.2) is 24.3 Å². The number of rotatable bonds is 4. The van der Waals surface area contributed by atoms with Crippen molar-refractivity contribution in [1.82, 2.24) is 9.80 Å². The van der Waals surface area contributed by atoms with Gasteiger partial charge in [-0.05, 0) is 17.7 Å². The van der Waals surface area contributed by atoms with Crippen molar-refractivity contribution in [1.29, 1.82) is 0 Å². The zero-order chi connectivity index (χ0) is 13.7. The zero-order valence-electron chi connectivity index (χ0n) is 11.1. The van der Waals surface area contributed by atoms with Gasteiger partial charge in [0.2, 0.25) is 5.91 Å². The lowest BCUT2D eigenvalue weighted by atomic mass is 10.2. The lowest BCUT2D eigenvalue weighted by Gasteiger charge is -2.34. The molecule has 1 amide bonds. The van der Waals surface area contributed by atoms with E-state index in [9.17, 15) is 9.18 Å². The molecule has 104 valence electrons. The molecule has 1 heterocycles. The molecule has 4 nitrogen and oxygen atoms in total. The number of ether oxygens (including phenoxy) is 1. The van der Waals surface area contributed by atoms with Crippen molar-refractivity contribution < 1.29 is 13.9 Å². The van der Waals surface area contributed by atoms with E-state index in [1.807, 2.05) is 11.0 Å². The van der Waals surface area contributed by atoms with Crippen LogP contribution in [0.2, 0.25) is 0 Å². The summed E-state index contributed by atoms with van der Waals surface area (Å²) in [6, 6.07) is 6.65. The Kier molecular flexibility index (Phi) is 4.87. The normalized spacial score (nSPS) is 16.6. The molecule has 2 rings (SSSR count). The van der Waals surface area contributed by atoms with E-state index in [2.05, 4.69) is 4.90 Å². The van der Waals surface area contributed by atoms with Crippen LogP contribution in [-0.2, 0) is 16.1 Å². The minimum Gasteiger partial charge on any atom is -0.375 e. The van der Waals surface area contributed by atoms with Crippen LogP contribution < -0.4 is 0 Å². The van der Waals surface area contributed by atoms with Gasteiger partial charge in [0.1, 0.15) is 12.4 Å². The highest BCUT2D eigenvalue weighted by Crippen LogP contribution is 2.10.